The number of thiophene rings is 2. The van der Waals surface area contributed by atoms with Gasteiger partial charge in [0.1, 0.15) is 11.2 Å². The monoisotopic (exact) mass is 699 g/mol. The number of benzene rings is 8. The van der Waals surface area contributed by atoms with E-state index in [1.54, 1.807) is 0 Å². The highest BCUT2D eigenvalue weighted by Gasteiger charge is 2.21. The number of nitrogens with zero attached hydrogens (tertiary/aromatic N) is 1. The highest BCUT2D eigenvalue weighted by Crippen LogP contribution is 2.48. The van der Waals surface area contributed by atoms with Crippen LogP contribution in [0.3, 0.4) is 0 Å². The maximum Gasteiger partial charge on any atom is 0.135 e. The van der Waals surface area contributed by atoms with Crippen LogP contribution in [-0.2, 0) is 0 Å². The molecule has 0 fully saturated rings. The summed E-state index contributed by atoms with van der Waals surface area (Å²) in [5.41, 5.74) is 10.1. The van der Waals surface area contributed by atoms with E-state index < -0.39 is 0 Å². The van der Waals surface area contributed by atoms with Gasteiger partial charge in [-0.1, -0.05) is 121 Å². The standard InChI is InChI=1S/C48H29NOS2/c1-2-11-30(12-3-1)35-16-8-17-37-38-18-9-19-41(48(38)52-47(35)37)49(33-27-28-43-40(29-33)36-13-4-6-20-42(36)50-43)32-25-23-31(24-26-32)34-15-10-22-45-46(34)39-14-5-7-21-44(39)51-45/h1-29H. The highest BCUT2D eigenvalue weighted by atomic mass is 32.1. The third-order valence-corrected chi connectivity index (χ3v) is 12.7. The van der Waals surface area contributed by atoms with Gasteiger partial charge in [-0.05, 0) is 76.9 Å². The number of hydrogen-bond acceptors (Lipinski definition) is 4. The zero-order valence-electron chi connectivity index (χ0n) is 27.9. The first-order valence-electron chi connectivity index (χ1n) is 17.5. The van der Waals surface area contributed by atoms with E-state index >= 15 is 0 Å². The number of fused-ring (bicyclic) bond motifs is 9. The van der Waals surface area contributed by atoms with E-state index in [4.69, 9.17) is 4.42 Å². The predicted octanol–water partition coefficient (Wildman–Crippen LogP) is 15.1. The van der Waals surface area contributed by atoms with E-state index in [1.807, 2.05) is 34.8 Å². The Kier molecular flexibility index (Phi) is 6.63. The molecule has 0 unspecified atom stereocenters. The van der Waals surface area contributed by atoms with Crippen molar-refractivity contribution in [1.29, 1.82) is 0 Å². The summed E-state index contributed by atoms with van der Waals surface area (Å²) >= 11 is 3.74. The van der Waals surface area contributed by atoms with Gasteiger partial charge in [0.25, 0.3) is 0 Å². The molecule has 2 nitrogen and oxygen atoms in total. The largest absolute Gasteiger partial charge is 0.456 e. The lowest BCUT2D eigenvalue weighted by Gasteiger charge is -2.26. The third kappa shape index (κ3) is 4.55. The molecule has 0 bridgehead atoms. The van der Waals surface area contributed by atoms with Crippen molar-refractivity contribution in [1.82, 2.24) is 0 Å². The van der Waals surface area contributed by atoms with Gasteiger partial charge in [0.15, 0.2) is 0 Å². The van der Waals surface area contributed by atoms with Gasteiger partial charge in [-0.2, -0.15) is 0 Å². The van der Waals surface area contributed by atoms with Gasteiger partial charge < -0.3 is 9.32 Å². The van der Waals surface area contributed by atoms with Crippen molar-refractivity contribution >= 4 is 102 Å². The maximum absolute atomic E-state index is 6.27. The molecule has 0 aliphatic rings. The number of anilines is 3. The number of rotatable bonds is 5. The zero-order chi connectivity index (χ0) is 34.2. The molecule has 3 heterocycles. The van der Waals surface area contributed by atoms with Crippen molar-refractivity contribution in [3.8, 4) is 22.3 Å². The minimum absolute atomic E-state index is 0.893. The SMILES string of the molecule is c1ccc(-c2cccc3c2sc2c(N(c4ccc(-c5cccc6sc7ccccc7c56)cc4)c4ccc5oc6ccccc6c5c4)cccc23)cc1. The quantitative estimate of drug-likeness (QED) is 0.178. The highest BCUT2D eigenvalue weighted by molar-refractivity contribution is 7.27. The number of hydrogen-bond donors (Lipinski definition) is 0. The summed E-state index contributed by atoms with van der Waals surface area (Å²) in [7, 11) is 0. The Morgan fingerprint density at radius 1 is 0.385 bits per heavy atom. The van der Waals surface area contributed by atoms with Crippen LogP contribution in [0.5, 0.6) is 0 Å². The Balaban J connectivity index is 1.13. The average Bonchev–Trinajstić information content (AvgIpc) is 3.90. The summed E-state index contributed by atoms with van der Waals surface area (Å²) < 4.78 is 11.5. The van der Waals surface area contributed by atoms with E-state index in [9.17, 15) is 0 Å². The van der Waals surface area contributed by atoms with E-state index in [0.29, 0.717) is 0 Å². The molecule has 0 aliphatic carbocycles. The molecule has 0 amide bonds. The summed E-state index contributed by atoms with van der Waals surface area (Å²) in [5, 5.41) is 7.43. The molecule has 0 N–H and O–H groups in total. The smallest absolute Gasteiger partial charge is 0.135 e. The summed E-state index contributed by atoms with van der Waals surface area (Å²) in [6, 6.07) is 63.6. The van der Waals surface area contributed by atoms with Crippen LogP contribution in [0.2, 0.25) is 0 Å². The molecular formula is C48H29NOS2. The van der Waals surface area contributed by atoms with Crippen LogP contribution in [-0.4, -0.2) is 0 Å². The van der Waals surface area contributed by atoms with Crippen molar-refractivity contribution in [3.63, 3.8) is 0 Å². The summed E-state index contributed by atoms with van der Waals surface area (Å²) in [5.74, 6) is 0. The van der Waals surface area contributed by atoms with E-state index in [1.165, 1.54) is 62.6 Å². The predicted molar refractivity (Wildman–Crippen MR) is 225 cm³/mol. The molecule has 11 aromatic rings. The molecule has 11 rings (SSSR count). The first kappa shape index (κ1) is 29.5. The normalized spacial score (nSPS) is 11.8. The second-order valence-corrected chi connectivity index (χ2v) is 15.3. The molecule has 0 atom stereocenters. The van der Waals surface area contributed by atoms with Gasteiger partial charge in [0.2, 0.25) is 0 Å². The first-order chi connectivity index (χ1) is 25.8. The number of furan rings is 1. The Labute approximate surface area is 308 Å². The van der Waals surface area contributed by atoms with Crippen LogP contribution in [0.15, 0.2) is 180 Å². The van der Waals surface area contributed by atoms with Gasteiger partial charge in [0, 0.05) is 57.8 Å². The van der Waals surface area contributed by atoms with Gasteiger partial charge in [-0.3, -0.25) is 0 Å². The molecule has 0 aliphatic heterocycles. The second-order valence-electron chi connectivity index (χ2n) is 13.2. The van der Waals surface area contributed by atoms with Crippen molar-refractivity contribution < 1.29 is 4.42 Å². The van der Waals surface area contributed by atoms with E-state index in [0.717, 1.165) is 39.0 Å². The molecule has 0 spiro atoms. The molecule has 0 saturated heterocycles. The second kappa shape index (κ2) is 11.7. The van der Waals surface area contributed by atoms with Crippen molar-refractivity contribution in [2.75, 3.05) is 4.90 Å². The minimum Gasteiger partial charge on any atom is -0.456 e. The topological polar surface area (TPSA) is 16.4 Å². The summed E-state index contributed by atoms with van der Waals surface area (Å²) in [6.45, 7) is 0. The molecule has 3 aromatic heterocycles. The molecule has 8 aromatic carbocycles. The van der Waals surface area contributed by atoms with E-state index in [-0.39, 0.29) is 0 Å². The lowest BCUT2D eigenvalue weighted by molar-refractivity contribution is 0.669. The Bertz CT molecular complexity index is 3130. The summed E-state index contributed by atoms with van der Waals surface area (Å²) in [6.07, 6.45) is 0. The van der Waals surface area contributed by atoms with Crippen molar-refractivity contribution in [3.05, 3.63) is 176 Å². The van der Waals surface area contributed by atoms with Gasteiger partial charge in [-0.15, -0.1) is 22.7 Å². The van der Waals surface area contributed by atoms with Gasteiger partial charge in [-0.25, -0.2) is 0 Å². The fourth-order valence-electron chi connectivity index (χ4n) is 7.91. The summed E-state index contributed by atoms with van der Waals surface area (Å²) in [4.78, 5) is 2.42. The van der Waals surface area contributed by atoms with Gasteiger partial charge >= 0.3 is 0 Å². The van der Waals surface area contributed by atoms with Crippen molar-refractivity contribution in [2.45, 2.75) is 0 Å². The van der Waals surface area contributed by atoms with Gasteiger partial charge in [0.05, 0.1) is 10.4 Å². The minimum atomic E-state index is 0.893. The Hall–Kier alpha value is -6.20. The Morgan fingerprint density at radius 3 is 1.90 bits per heavy atom. The maximum atomic E-state index is 6.27. The Morgan fingerprint density at radius 2 is 1.02 bits per heavy atom. The van der Waals surface area contributed by atoms with Crippen molar-refractivity contribution in [2.24, 2.45) is 0 Å². The van der Waals surface area contributed by atoms with Crippen LogP contribution in [0.1, 0.15) is 0 Å². The lowest BCUT2D eigenvalue weighted by atomic mass is 9.99. The van der Waals surface area contributed by atoms with E-state index in [2.05, 4.69) is 169 Å². The zero-order valence-corrected chi connectivity index (χ0v) is 29.5. The molecule has 4 heteroatoms. The first-order valence-corrected chi connectivity index (χ1v) is 19.1. The van der Waals surface area contributed by atoms with Crippen LogP contribution < -0.4 is 4.90 Å². The molecule has 0 radical (unpaired) electrons. The average molecular weight is 700 g/mol. The molecule has 244 valence electrons. The molecular weight excluding hydrogens is 671 g/mol. The fraction of sp³-hybridized carbons (Fsp3) is 0. The van der Waals surface area contributed by atoms with Crippen LogP contribution >= 0.6 is 22.7 Å². The molecule has 0 saturated carbocycles. The third-order valence-electron chi connectivity index (χ3n) is 10.3. The lowest BCUT2D eigenvalue weighted by Crippen LogP contribution is -2.10. The number of para-hydroxylation sites is 1. The van der Waals surface area contributed by atoms with Crippen LogP contribution in [0.25, 0.3) is 84.5 Å². The van der Waals surface area contributed by atoms with Crippen LogP contribution in [0, 0.1) is 0 Å². The van der Waals surface area contributed by atoms with Crippen LogP contribution in [0.4, 0.5) is 17.1 Å². The fourth-order valence-corrected chi connectivity index (χ4v) is 10.4. The molecule has 52 heavy (non-hydrogen) atoms.